The minimum absolute atomic E-state index is 0.00467. The molecule has 0 bridgehead atoms. The molecule has 1 aromatic carbocycles. The van der Waals surface area contributed by atoms with E-state index in [-0.39, 0.29) is 24.0 Å². The fourth-order valence-corrected chi connectivity index (χ4v) is 3.21. The SMILES string of the molecule is COc1ccc(CN2C(=O)[C@@H](C)[C@H]2CN2CCOC2=O)c(OC)c1. The molecule has 2 amide bonds. The Kier molecular flexibility index (Phi) is 4.51. The van der Waals surface area contributed by atoms with Gasteiger partial charge in [0.1, 0.15) is 18.1 Å². The first kappa shape index (κ1) is 16.4. The van der Waals surface area contributed by atoms with E-state index in [1.807, 2.05) is 19.1 Å². The molecule has 1 aromatic rings. The van der Waals surface area contributed by atoms with Gasteiger partial charge in [-0.25, -0.2) is 4.79 Å². The molecular formula is C17H22N2O5. The zero-order valence-electron chi connectivity index (χ0n) is 14.2. The van der Waals surface area contributed by atoms with Crippen LogP contribution in [-0.4, -0.2) is 61.8 Å². The number of cyclic esters (lactones) is 1. The van der Waals surface area contributed by atoms with Gasteiger partial charge in [0.15, 0.2) is 0 Å². The molecule has 2 atom stereocenters. The summed E-state index contributed by atoms with van der Waals surface area (Å²) in [5.41, 5.74) is 0.910. The topological polar surface area (TPSA) is 68.3 Å². The largest absolute Gasteiger partial charge is 0.497 e. The zero-order chi connectivity index (χ0) is 17.3. The molecule has 0 radical (unpaired) electrons. The van der Waals surface area contributed by atoms with Crippen molar-refractivity contribution in [2.75, 3.05) is 33.9 Å². The summed E-state index contributed by atoms with van der Waals surface area (Å²) in [6.45, 7) is 3.85. The van der Waals surface area contributed by atoms with E-state index in [0.29, 0.717) is 37.7 Å². The van der Waals surface area contributed by atoms with Gasteiger partial charge in [0, 0.05) is 24.7 Å². The summed E-state index contributed by atoms with van der Waals surface area (Å²) in [7, 11) is 3.19. The van der Waals surface area contributed by atoms with Gasteiger partial charge in [-0.15, -0.1) is 0 Å². The lowest BCUT2D eigenvalue weighted by atomic mass is 9.88. The average molecular weight is 334 g/mol. The van der Waals surface area contributed by atoms with Crippen LogP contribution in [0.3, 0.4) is 0 Å². The summed E-state index contributed by atoms with van der Waals surface area (Å²) in [6.07, 6.45) is -0.302. The van der Waals surface area contributed by atoms with Crippen LogP contribution in [0.2, 0.25) is 0 Å². The molecule has 0 spiro atoms. The van der Waals surface area contributed by atoms with E-state index < -0.39 is 0 Å². The highest BCUT2D eigenvalue weighted by atomic mass is 16.6. The molecule has 2 fully saturated rings. The third-order valence-corrected chi connectivity index (χ3v) is 4.74. The molecule has 0 saturated carbocycles. The quantitative estimate of drug-likeness (QED) is 0.738. The lowest BCUT2D eigenvalue weighted by Gasteiger charge is -2.47. The van der Waals surface area contributed by atoms with Crippen LogP contribution in [0, 0.1) is 5.92 Å². The Morgan fingerprint density at radius 1 is 1.25 bits per heavy atom. The number of nitrogens with zero attached hydrogens (tertiary/aromatic N) is 2. The third-order valence-electron chi connectivity index (χ3n) is 4.74. The summed E-state index contributed by atoms with van der Waals surface area (Å²) in [6, 6.07) is 5.54. The summed E-state index contributed by atoms with van der Waals surface area (Å²) < 4.78 is 15.6. The lowest BCUT2D eigenvalue weighted by molar-refractivity contribution is -0.156. The molecule has 130 valence electrons. The molecule has 24 heavy (non-hydrogen) atoms. The van der Waals surface area contributed by atoms with Gasteiger partial charge in [0.05, 0.1) is 32.7 Å². The highest BCUT2D eigenvalue weighted by Crippen LogP contribution is 2.33. The molecule has 0 aliphatic carbocycles. The van der Waals surface area contributed by atoms with Gasteiger partial charge in [0.2, 0.25) is 5.91 Å². The monoisotopic (exact) mass is 334 g/mol. The van der Waals surface area contributed by atoms with Crippen molar-refractivity contribution >= 4 is 12.0 Å². The van der Waals surface area contributed by atoms with E-state index in [1.54, 1.807) is 30.1 Å². The number of benzene rings is 1. The van der Waals surface area contributed by atoms with Gasteiger partial charge < -0.3 is 24.0 Å². The van der Waals surface area contributed by atoms with Crippen LogP contribution in [0.5, 0.6) is 11.5 Å². The third kappa shape index (κ3) is 2.86. The van der Waals surface area contributed by atoms with E-state index in [4.69, 9.17) is 14.2 Å². The van der Waals surface area contributed by atoms with Gasteiger partial charge in [-0.2, -0.15) is 0 Å². The fourth-order valence-electron chi connectivity index (χ4n) is 3.21. The van der Waals surface area contributed by atoms with Gasteiger partial charge in [0.25, 0.3) is 0 Å². The van der Waals surface area contributed by atoms with Crippen LogP contribution in [-0.2, 0) is 16.1 Å². The highest BCUT2D eigenvalue weighted by Gasteiger charge is 2.46. The highest BCUT2D eigenvalue weighted by molar-refractivity contribution is 5.86. The molecule has 0 unspecified atom stereocenters. The van der Waals surface area contributed by atoms with E-state index in [1.165, 1.54) is 0 Å². The zero-order valence-corrected chi connectivity index (χ0v) is 14.2. The van der Waals surface area contributed by atoms with Crippen molar-refractivity contribution in [3.05, 3.63) is 23.8 Å². The molecule has 7 nitrogen and oxygen atoms in total. The molecule has 0 aromatic heterocycles. The molecule has 7 heteroatoms. The molecular weight excluding hydrogens is 312 g/mol. The maximum absolute atomic E-state index is 12.3. The number of likely N-dealkylation sites (tertiary alicyclic amines) is 1. The molecule has 2 aliphatic rings. The van der Waals surface area contributed by atoms with Crippen LogP contribution in [0.25, 0.3) is 0 Å². The van der Waals surface area contributed by atoms with E-state index in [2.05, 4.69) is 0 Å². The minimum Gasteiger partial charge on any atom is -0.497 e. The first-order chi connectivity index (χ1) is 11.5. The van der Waals surface area contributed by atoms with Crippen molar-refractivity contribution < 1.29 is 23.8 Å². The number of rotatable bonds is 6. The van der Waals surface area contributed by atoms with Crippen molar-refractivity contribution in [3.8, 4) is 11.5 Å². The van der Waals surface area contributed by atoms with Gasteiger partial charge in [-0.1, -0.05) is 6.92 Å². The second-order valence-corrected chi connectivity index (χ2v) is 6.06. The number of amides is 2. The molecule has 2 aliphatic heterocycles. The number of β-lactam (4-membered cyclic amide) rings is 1. The van der Waals surface area contributed by atoms with Crippen molar-refractivity contribution in [2.24, 2.45) is 5.92 Å². The summed E-state index contributed by atoms with van der Waals surface area (Å²) in [4.78, 5) is 27.4. The van der Waals surface area contributed by atoms with E-state index in [9.17, 15) is 9.59 Å². The molecule has 3 rings (SSSR count). The molecule has 2 heterocycles. The van der Waals surface area contributed by atoms with Crippen LogP contribution < -0.4 is 9.47 Å². The summed E-state index contributed by atoms with van der Waals surface area (Å²) in [5, 5.41) is 0. The number of hydrogen-bond donors (Lipinski definition) is 0. The first-order valence-corrected chi connectivity index (χ1v) is 7.98. The smallest absolute Gasteiger partial charge is 0.410 e. The Morgan fingerprint density at radius 2 is 2.04 bits per heavy atom. The van der Waals surface area contributed by atoms with Crippen LogP contribution in [0.15, 0.2) is 18.2 Å². The maximum atomic E-state index is 12.3. The van der Waals surface area contributed by atoms with E-state index >= 15 is 0 Å². The second-order valence-electron chi connectivity index (χ2n) is 6.06. The van der Waals surface area contributed by atoms with Crippen LogP contribution in [0.4, 0.5) is 4.79 Å². The Labute approximate surface area is 141 Å². The Balaban J connectivity index is 1.73. The number of carbonyl (C=O) groups excluding carboxylic acids is 2. The first-order valence-electron chi connectivity index (χ1n) is 7.98. The number of carbonyl (C=O) groups is 2. The van der Waals surface area contributed by atoms with E-state index in [0.717, 1.165) is 5.56 Å². The normalized spacial score (nSPS) is 23.1. The average Bonchev–Trinajstić information content (AvgIpc) is 3.02. The summed E-state index contributed by atoms with van der Waals surface area (Å²) >= 11 is 0. The second kappa shape index (κ2) is 6.59. The van der Waals surface area contributed by atoms with Gasteiger partial charge in [-0.05, 0) is 12.1 Å². The lowest BCUT2D eigenvalue weighted by Crippen LogP contribution is -2.63. The Bertz CT molecular complexity index is 648. The number of hydrogen-bond acceptors (Lipinski definition) is 5. The Morgan fingerprint density at radius 3 is 2.67 bits per heavy atom. The standard InChI is InChI=1S/C17H22N2O5/c1-11-14(10-18-6-7-24-17(18)21)19(16(11)20)9-12-4-5-13(22-2)8-15(12)23-3/h4-5,8,11,14H,6-7,9-10H2,1-3H3/t11-,14+/m0/s1. The summed E-state index contributed by atoms with van der Waals surface area (Å²) in [5.74, 6) is 1.38. The van der Waals surface area contributed by atoms with Crippen molar-refractivity contribution in [2.45, 2.75) is 19.5 Å². The molecule has 0 N–H and O–H groups in total. The number of methoxy groups -OCH3 is 2. The Hall–Kier alpha value is -2.44. The van der Waals surface area contributed by atoms with Crippen LogP contribution >= 0.6 is 0 Å². The van der Waals surface area contributed by atoms with Crippen molar-refractivity contribution in [1.29, 1.82) is 0 Å². The predicted molar refractivity (Wildman–Crippen MR) is 86.0 cm³/mol. The van der Waals surface area contributed by atoms with Crippen molar-refractivity contribution in [3.63, 3.8) is 0 Å². The fraction of sp³-hybridized carbons (Fsp3) is 0.529. The van der Waals surface area contributed by atoms with Crippen molar-refractivity contribution in [1.82, 2.24) is 9.80 Å². The predicted octanol–water partition coefficient (Wildman–Crippen LogP) is 1.50. The number of ether oxygens (including phenoxy) is 3. The molecule has 2 saturated heterocycles. The van der Waals surface area contributed by atoms with Crippen LogP contribution in [0.1, 0.15) is 12.5 Å². The minimum atomic E-state index is -0.302. The van der Waals surface area contributed by atoms with Gasteiger partial charge in [-0.3, -0.25) is 4.79 Å². The maximum Gasteiger partial charge on any atom is 0.410 e. The van der Waals surface area contributed by atoms with Gasteiger partial charge >= 0.3 is 6.09 Å².